The van der Waals surface area contributed by atoms with Gasteiger partial charge in [-0.3, -0.25) is 4.79 Å². The summed E-state index contributed by atoms with van der Waals surface area (Å²) in [5.74, 6) is -0.0809. The molecule has 1 fully saturated rings. The van der Waals surface area contributed by atoms with Crippen molar-refractivity contribution in [3.8, 4) is 0 Å². The van der Waals surface area contributed by atoms with E-state index >= 15 is 0 Å². The van der Waals surface area contributed by atoms with Crippen LogP contribution in [0.1, 0.15) is 12.5 Å². The molecule has 0 saturated carbocycles. The predicted octanol–water partition coefficient (Wildman–Crippen LogP) is 1.62. The number of carbonyl (C=O) groups excluding carboxylic acids is 2. The fourth-order valence-electron chi connectivity index (χ4n) is 3.28. The van der Waals surface area contributed by atoms with Gasteiger partial charge in [0.25, 0.3) is 0 Å². The average Bonchev–Trinajstić information content (AvgIpc) is 2.83. The van der Waals surface area contributed by atoms with Crippen molar-refractivity contribution in [3.05, 3.63) is 48.0 Å². The zero-order valence-corrected chi connectivity index (χ0v) is 15.0. The SMILES string of the molecule is CC(=O)N1CCN(C(=O)NCCc2ccc3ccccc3c2)CC(O)C1. The van der Waals surface area contributed by atoms with Crippen LogP contribution in [0.3, 0.4) is 0 Å². The number of rotatable bonds is 3. The van der Waals surface area contributed by atoms with Gasteiger partial charge in [-0.25, -0.2) is 4.79 Å². The van der Waals surface area contributed by atoms with E-state index in [1.165, 1.54) is 23.3 Å². The first kappa shape index (κ1) is 18.2. The van der Waals surface area contributed by atoms with E-state index in [1.54, 1.807) is 9.80 Å². The van der Waals surface area contributed by atoms with Gasteiger partial charge in [0.1, 0.15) is 0 Å². The number of hydrogen-bond acceptors (Lipinski definition) is 3. The number of urea groups is 1. The Morgan fingerprint density at radius 3 is 2.54 bits per heavy atom. The number of aliphatic hydroxyl groups is 1. The van der Waals surface area contributed by atoms with Crippen LogP contribution in [-0.2, 0) is 11.2 Å². The summed E-state index contributed by atoms with van der Waals surface area (Å²) in [6.45, 7) is 3.40. The summed E-state index contributed by atoms with van der Waals surface area (Å²) in [6, 6.07) is 14.3. The second kappa shape index (κ2) is 8.19. The summed E-state index contributed by atoms with van der Waals surface area (Å²) in [5.41, 5.74) is 1.17. The molecule has 6 heteroatoms. The van der Waals surface area contributed by atoms with Crippen LogP contribution >= 0.6 is 0 Å². The van der Waals surface area contributed by atoms with Gasteiger partial charge in [-0.1, -0.05) is 42.5 Å². The highest BCUT2D eigenvalue weighted by Crippen LogP contribution is 2.15. The molecule has 1 saturated heterocycles. The minimum atomic E-state index is -0.715. The molecular formula is C20H25N3O3. The Kier molecular flexibility index (Phi) is 5.73. The highest BCUT2D eigenvalue weighted by Gasteiger charge is 2.25. The maximum absolute atomic E-state index is 12.4. The van der Waals surface area contributed by atoms with E-state index in [4.69, 9.17) is 0 Å². The van der Waals surface area contributed by atoms with Crippen molar-refractivity contribution in [2.45, 2.75) is 19.4 Å². The molecule has 1 unspecified atom stereocenters. The van der Waals surface area contributed by atoms with Gasteiger partial charge in [-0.15, -0.1) is 0 Å². The molecule has 2 aromatic rings. The molecule has 1 aliphatic heterocycles. The number of amides is 3. The number of fused-ring (bicyclic) bond motifs is 1. The Bertz CT molecular complexity index is 793. The Morgan fingerprint density at radius 1 is 1.08 bits per heavy atom. The lowest BCUT2D eigenvalue weighted by molar-refractivity contribution is -0.129. The summed E-state index contributed by atoms with van der Waals surface area (Å²) in [5, 5.41) is 15.3. The average molecular weight is 355 g/mol. The van der Waals surface area contributed by atoms with E-state index in [0.29, 0.717) is 19.6 Å². The van der Waals surface area contributed by atoms with Crippen LogP contribution in [0.25, 0.3) is 10.8 Å². The van der Waals surface area contributed by atoms with Gasteiger partial charge in [0.15, 0.2) is 0 Å². The molecule has 0 bridgehead atoms. The second-order valence-corrected chi connectivity index (χ2v) is 6.73. The maximum Gasteiger partial charge on any atom is 0.317 e. The molecule has 1 atom stereocenters. The van der Waals surface area contributed by atoms with Crippen molar-refractivity contribution in [2.75, 3.05) is 32.7 Å². The number of nitrogens with one attached hydrogen (secondary N) is 1. The third kappa shape index (κ3) is 4.52. The normalized spacial score (nSPS) is 17.8. The maximum atomic E-state index is 12.4. The number of hydrogen-bond donors (Lipinski definition) is 2. The van der Waals surface area contributed by atoms with Crippen molar-refractivity contribution < 1.29 is 14.7 Å². The van der Waals surface area contributed by atoms with Crippen molar-refractivity contribution in [3.63, 3.8) is 0 Å². The highest BCUT2D eigenvalue weighted by atomic mass is 16.3. The largest absolute Gasteiger partial charge is 0.389 e. The van der Waals surface area contributed by atoms with Gasteiger partial charge in [0.05, 0.1) is 12.6 Å². The quantitative estimate of drug-likeness (QED) is 0.879. The first-order chi connectivity index (χ1) is 12.5. The van der Waals surface area contributed by atoms with Crippen molar-refractivity contribution >= 4 is 22.7 Å². The third-order valence-corrected chi connectivity index (χ3v) is 4.74. The topological polar surface area (TPSA) is 72.9 Å². The zero-order chi connectivity index (χ0) is 18.5. The number of benzene rings is 2. The fourth-order valence-corrected chi connectivity index (χ4v) is 3.28. The minimum Gasteiger partial charge on any atom is -0.389 e. The Labute approximate surface area is 153 Å². The van der Waals surface area contributed by atoms with Crippen LogP contribution in [0.15, 0.2) is 42.5 Å². The van der Waals surface area contributed by atoms with Gasteiger partial charge >= 0.3 is 6.03 Å². The molecule has 1 aliphatic rings. The molecule has 3 rings (SSSR count). The molecule has 0 aromatic heterocycles. The van der Waals surface area contributed by atoms with E-state index < -0.39 is 6.10 Å². The molecule has 0 radical (unpaired) electrons. The summed E-state index contributed by atoms with van der Waals surface area (Å²) in [7, 11) is 0. The highest BCUT2D eigenvalue weighted by molar-refractivity contribution is 5.83. The van der Waals surface area contributed by atoms with E-state index in [2.05, 4.69) is 35.6 Å². The Hall–Kier alpha value is -2.60. The monoisotopic (exact) mass is 355 g/mol. The minimum absolute atomic E-state index is 0.0809. The van der Waals surface area contributed by atoms with Gasteiger partial charge in [-0.2, -0.15) is 0 Å². The van der Waals surface area contributed by atoms with Crippen LogP contribution in [-0.4, -0.2) is 65.7 Å². The predicted molar refractivity (Wildman–Crippen MR) is 101 cm³/mol. The lowest BCUT2D eigenvalue weighted by Crippen LogP contribution is -2.44. The summed E-state index contributed by atoms with van der Waals surface area (Å²) >= 11 is 0. The molecule has 138 valence electrons. The van der Waals surface area contributed by atoms with Crippen LogP contribution in [0, 0.1) is 0 Å². The molecule has 6 nitrogen and oxygen atoms in total. The van der Waals surface area contributed by atoms with Crippen molar-refractivity contribution in [2.24, 2.45) is 0 Å². The summed E-state index contributed by atoms with van der Waals surface area (Å²) in [4.78, 5) is 27.0. The molecule has 0 aliphatic carbocycles. The Balaban J connectivity index is 1.52. The molecule has 0 spiro atoms. The van der Waals surface area contributed by atoms with Crippen LogP contribution in [0.4, 0.5) is 4.79 Å². The van der Waals surface area contributed by atoms with Crippen molar-refractivity contribution in [1.29, 1.82) is 0 Å². The Morgan fingerprint density at radius 2 is 1.77 bits per heavy atom. The molecule has 2 aromatic carbocycles. The van der Waals surface area contributed by atoms with Gasteiger partial charge in [0.2, 0.25) is 5.91 Å². The summed E-state index contributed by atoms with van der Waals surface area (Å²) in [6.07, 6.45) is 0.0274. The third-order valence-electron chi connectivity index (χ3n) is 4.74. The second-order valence-electron chi connectivity index (χ2n) is 6.73. The first-order valence-corrected chi connectivity index (χ1v) is 8.97. The van der Waals surface area contributed by atoms with Crippen LogP contribution < -0.4 is 5.32 Å². The lowest BCUT2D eigenvalue weighted by Gasteiger charge is -2.22. The molecule has 2 N–H and O–H groups in total. The van der Waals surface area contributed by atoms with Crippen molar-refractivity contribution in [1.82, 2.24) is 15.1 Å². The fraction of sp³-hybridized carbons (Fsp3) is 0.400. The molecule has 3 amide bonds. The van der Waals surface area contributed by atoms with Crippen LogP contribution in [0.2, 0.25) is 0 Å². The van der Waals surface area contributed by atoms with Gasteiger partial charge in [-0.05, 0) is 22.8 Å². The first-order valence-electron chi connectivity index (χ1n) is 8.97. The van der Waals surface area contributed by atoms with Gasteiger partial charge < -0.3 is 20.2 Å². The van der Waals surface area contributed by atoms with E-state index in [1.807, 2.05) is 12.1 Å². The van der Waals surface area contributed by atoms with E-state index in [-0.39, 0.29) is 25.0 Å². The standard InChI is InChI=1S/C20H25N3O3/c1-15(24)22-10-11-23(14-19(25)13-22)20(26)21-9-8-16-6-7-17-4-2-3-5-18(17)12-16/h2-7,12,19,25H,8-11,13-14H2,1H3,(H,21,26). The number of nitrogens with zero attached hydrogens (tertiary/aromatic N) is 2. The van der Waals surface area contributed by atoms with Gasteiger partial charge in [0, 0.05) is 33.1 Å². The van der Waals surface area contributed by atoms with E-state index in [9.17, 15) is 14.7 Å². The molecule has 26 heavy (non-hydrogen) atoms. The number of carbonyl (C=O) groups is 2. The number of aliphatic hydroxyl groups excluding tert-OH is 1. The summed E-state index contributed by atoms with van der Waals surface area (Å²) < 4.78 is 0. The molecule has 1 heterocycles. The number of β-amino-alcohol motifs (C(OH)–C–C–N with tert-alkyl or cyclic N) is 1. The van der Waals surface area contributed by atoms with Crippen LogP contribution in [0.5, 0.6) is 0 Å². The smallest absolute Gasteiger partial charge is 0.317 e. The lowest BCUT2D eigenvalue weighted by atomic mass is 10.1. The molecular weight excluding hydrogens is 330 g/mol. The zero-order valence-electron chi connectivity index (χ0n) is 15.0. The van der Waals surface area contributed by atoms with E-state index in [0.717, 1.165) is 6.42 Å².